The number of aryl methyl sites for hydroxylation is 1. The minimum atomic E-state index is -0.775. The van der Waals surface area contributed by atoms with Gasteiger partial charge in [-0.2, -0.15) is 0 Å². The fourth-order valence-corrected chi connectivity index (χ4v) is 4.54. The van der Waals surface area contributed by atoms with E-state index in [0.717, 1.165) is 28.9 Å². The molecule has 1 fully saturated rings. The summed E-state index contributed by atoms with van der Waals surface area (Å²) in [5, 5.41) is 11.3. The Bertz CT molecular complexity index is 1310. The highest BCUT2D eigenvalue weighted by Gasteiger charge is 2.47. The van der Waals surface area contributed by atoms with Crippen LogP contribution in [-0.2, 0) is 16.0 Å². The summed E-state index contributed by atoms with van der Waals surface area (Å²) >= 11 is 0. The van der Waals surface area contributed by atoms with E-state index in [4.69, 9.17) is 9.47 Å². The molecule has 2 aliphatic rings. The summed E-state index contributed by atoms with van der Waals surface area (Å²) < 4.78 is 10.9. The summed E-state index contributed by atoms with van der Waals surface area (Å²) in [5.74, 6) is -0.264. The minimum absolute atomic E-state index is 0.0657. The van der Waals surface area contributed by atoms with Gasteiger partial charge in [-0.1, -0.05) is 30.3 Å². The summed E-state index contributed by atoms with van der Waals surface area (Å²) in [4.78, 5) is 28.1. The first-order chi connectivity index (χ1) is 16.0. The highest BCUT2D eigenvalue weighted by molar-refractivity contribution is 6.51. The zero-order chi connectivity index (χ0) is 23.1. The average molecular weight is 441 g/mol. The van der Waals surface area contributed by atoms with Gasteiger partial charge in [0.25, 0.3) is 11.7 Å². The van der Waals surface area contributed by atoms with E-state index in [1.165, 1.54) is 4.90 Å². The third-order valence-corrected chi connectivity index (χ3v) is 6.22. The molecule has 5 rings (SSSR count). The number of aliphatic hydroxyl groups is 1. The van der Waals surface area contributed by atoms with E-state index in [1.807, 2.05) is 37.3 Å². The van der Waals surface area contributed by atoms with Crippen LogP contribution in [0.25, 0.3) is 5.76 Å². The molecule has 1 amide bonds. The Morgan fingerprint density at radius 3 is 2.67 bits per heavy atom. The van der Waals surface area contributed by atoms with Gasteiger partial charge in [-0.05, 0) is 53.9 Å². The number of methoxy groups -OCH3 is 1. The first-order valence-corrected chi connectivity index (χ1v) is 10.8. The number of hydrogen-bond acceptors (Lipinski definition) is 5. The number of ether oxygens (including phenoxy) is 2. The van der Waals surface area contributed by atoms with Crippen LogP contribution in [0.15, 0.2) is 72.3 Å². The number of Topliss-reactive ketones (excluding diaryl/α,β-unsaturated/α-hetero) is 1. The molecule has 3 aromatic rings. The van der Waals surface area contributed by atoms with Gasteiger partial charge < -0.3 is 14.6 Å². The third-order valence-electron chi connectivity index (χ3n) is 6.22. The van der Waals surface area contributed by atoms with Crippen molar-refractivity contribution in [3.63, 3.8) is 0 Å². The molecule has 6 nitrogen and oxygen atoms in total. The monoisotopic (exact) mass is 441 g/mol. The number of anilines is 1. The van der Waals surface area contributed by atoms with Gasteiger partial charge in [-0.25, -0.2) is 0 Å². The lowest BCUT2D eigenvalue weighted by Crippen LogP contribution is -2.29. The van der Waals surface area contributed by atoms with Crippen molar-refractivity contribution in [1.29, 1.82) is 0 Å². The Labute approximate surface area is 191 Å². The van der Waals surface area contributed by atoms with Crippen LogP contribution < -0.4 is 14.4 Å². The van der Waals surface area contributed by atoms with Crippen LogP contribution in [0, 0.1) is 6.92 Å². The van der Waals surface area contributed by atoms with Crippen molar-refractivity contribution in [2.75, 3.05) is 18.6 Å². The molecule has 1 unspecified atom stereocenters. The van der Waals surface area contributed by atoms with Gasteiger partial charge in [0.2, 0.25) is 0 Å². The normalized spacial score (nSPS) is 18.8. The zero-order valence-electron chi connectivity index (χ0n) is 18.4. The first-order valence-electron chi connectivity index (χ1n) is 10.8. The molecule has 33 heavy (non-hydrogen) atoms. The number of nitrogens with zero attached hydrogens (tertiary/aromatic N) is 1. The van der Waals surface area contributed by atoms with Gasteiger partial charge in [0, 0.05) is 23.7 Å². The summed E-state index contributed by atoms with van der Waals surface area (Å²) in [6.07, 6.45) is 0.732. The van der Waals surface area contributed by atoms with Gasteiger partial charge in [-0.15, -0.1) is 0 Å². The molecular formula is C27H23NO5. The quantitative estimate of drug-likeness (QED) is 0.365. The summed E-state index contributed by atoms with van der Waals surface area (Å²) in [7, 11) is 1.55. The molecule has 0 aliphatic carbocycles. The van der Waals surface area contributed by atoms with Gasteiger partial charge >= 0.3 is 0 Å². The Morgan fingerprint density at radius 2 is 1.88 bits per heavy atom. The van der Waals surface area contributed by atoms with E-state index in [9.17, 15) is 14.7 Å². The molecule has 2 aliphatic heterocycles. The molecule has 166 valence electrons. The number of ketones is 1. The molecule has 3 aromatic carbocycles. The smallest absolute Gasteiger partial charge is 0.300 e. The number of hydrogen-bond donors (Lipinski definition) is 1. The maximum Gasteiger partial charge on any atom is 0.300 e. The lowest BCUT2D eigenvalue weighted by molar-refractivity contribution is -0.132. The van der Waals surface area contributed by atoms with Crippen LogP contribution in [-0.4, -0.2) is 30.5 Å². The predicted octanol–water partition coefficient (Wildman–Crippen LogP) is 4.56. The number of amides is 1. The molecule has 0 radical (unpaired) electrons. The number of benzene rings is 3. The first kappa shape index (κ1) is 20.8. The predicted molar refractivity (Wildman–Crippen MR) is 125 cm³/mol. The maximum atomic E-state index is 13.3. The van der Waals surface area contributed by atoms with E-state index < -0.39 is 17.7 Å². The molecule has 0 saturated carbocycles. The lowest BCUT2D eigenvalue weighted by atomic mass is 9.92. The van der Waals surface area contributed by atoms with Gasteiger partial charge in [0.05, 0.1) is 25.3 Å². The van der Waals surface area contributed by atoms with E-state index in [1.54, 1.807) is 43.5 Å². The second-order valence-corrected chi connectivity index (χ2v) is 8.15. The molecule has 1 saturated heterocycles. The van der Waals surface area contributed by atoms with E-state index in [-0.39, 0.29) is 11.3 Å². The Morgan fingerprint density at radius 1 is 1.06 bits per heavy atom. The Hall–Kier alpha value is -4.06. The molecule has 2 heterocycles. The highest BCUT2D eigenvalue weighted by atomic mass is 16.5. The second-order valence-electron chi connectivity index (χ2n) is 8.15. The number of aliphatic hydroxyl groups excluding tert-OH is 1. The topological polar surface area (TPSA) is 76.1 Å². The zero-order valence-corrected chi connectivity index (χ0v) is 18.4. The summed E-state index contributed by atoms with van der Waals surface area (Å²) in [5.41, 5.74) is 3.72. The fourth-order valence-electron chi connectivity index (χ4n) is 4.54. The molecule has 0 aromatic heterocycles. The van der Waals surface area contributed by atoms with Gasteiger partial charge in [-0.3, -0.25) is 14.5 Å². The van der Waals surface area contributed by atoms with E-state index in [0.29, 0.717) is 23.6 Å². The Kier molecular flexibility index (Phi) is 5.13. The van der Waals surface area contributed by atoms with Crippen molar-refractivity contribution in [1.82, 2.24) is 0 Å². The molecule has 0 bridgehead atoms. The van der Waals surface area contributed by atoms with E-state index >= 15 is 0 Å². The number of carbonyl (C=O) groups excluding carboxylic acids is 2. The van der Waals surface area contributed by atoms with Crippen LogP contribution in [0.4, 0.5) is 5.69 Å². The van der Waals surface area contributed by atoms with Crippen molar-refractivity contribution in [2.24, 2.45) is 0 Å². The van der Waals surface area contributed by atoms with Crippen LogP contribution >= 0.6 is 0 Å². The van der Waals surface area contributed by atoms with Crippen LogP contribution in [0.2, 0.25) is 0 Å². The Balaban J connectivity index is 1.72. The van der Waals surface area contributed by atoms with Crippen molar-refractivity contribution < 1.29 is 24.2 Å². The van der Waals surface area contributed by atoms with Gasteiger partial charge in [0.1, 0.15) is 17.3 Å². The number of fused-ring (bicyclic) bond motifs is 1. The molecule has 1 atom stereocenters. The third kappa shape index (κ3) is 3.44. The number of carbonyl (C=O) groups is 2. The largest absolute Gasteiger partial charge is 0.507 e. The van der Waals surface area contributed by atoms with Crippen molar-refractivity contribution >= 4 is 23.1 Å². The molecule has 0 spiro atoms. The van der Waals surface area contributed by atoms with Crippen LogP contribution in [0.5, 0.6) is 11.5 Å². The maximum absolute atomic E-state index is 13.3. The van der Waals surface area contributed by atoms with Crippen molar-refractivity contribution in [3.05, 3.63) is 94.6 Å². The minimum Gasteiger partial charge on any atom is -0.507 e. The molecule has 6 heteroatoms. The SMILES string of the molecule is COc1cccc(N2C(=O)C(=O)/C(=C(/O)c3ccc4c(c3)CCO4)C2c2ccccc2C)c1. The highest BCUT2D eigenvalue weighted by Crippen LogP contribution is 2.44. The molecular weight excluding hydrogens is 418 g/mol. The fraction of sp³-hybridized carbons (Fsp3) is 0.185. The average Bonchev–Trinajstić information content (AvgIpc) is 3.41. The van der Waals surface area contributed by atoms with Gasteiger partial charge in [0.15, 0.2) is 0 Å². The standard InChI is InChI=1S/C27H23NO5/c1-16-6-3-4-9-21(16)24-23(25(29)18-10-11-22-17(14-18)12-13-33-22)26(30)27(31)28(24)19-7-5-8-20(15-19)32-2/h3-11,14-15,24,29H,12-13H2,1-2H3/b25-23+. The van der Waals surface area contributed by atoms with E-state index in [2.05, 4.69) is 0 Å². The summed E-state index contributed by atoms with van der Waals surface area (Å²) in [6.45, 7) is 2.51. The van der Waals surface area contributed by atoms with Crippen LogP contribution in [0.3, 0.4) is 0 Å². The molecule has 1 N–H and O–H groups in total. The number of rotatable bonds is 4. The van der Waals surface area contributed by atoms with Crippen molar-refractivity contribution in [2.45, 2.75) is 19.4 Å². The lowest BCUT2D eigenvalue weighted by Gasteiger charge is -2.27. The van der Waals surface area contributed by atoms with Crippen molar-refractivity contribution in [3.8, 4) is 11.5 Å². The van der Waals surface area contributed by atoms with Crippen LogP contribution in [0.1, 0.15) is 28.3 Å². The summed E-state index contributed by atoms with van der Waals surface area (Å²) in [6, 6.07) is 19.1. The second kappa shape index (κ2) is 8.13.